The Morgan fingerprint density at radius 2 is 1.78 bits per heavy atom. The highest BCUT2D eigenvalue weighted by molar-refractivity contribution is 7.94. The van der Waals surface area contributed by atoms with E-state index in [1.165, 1.54) is 43.6 Å². The SMILES string of the molecule is COc1ncc(-c2ccc3ncc4c(c3c2)C2(CCC2)C(=O)N4C)cc1S(=O)(=NC(=O)C(F)(F)F)c1ccccc1. The summed E-state index contributed by atoms with van der Waals surface area (Å²) in [5.41, 5.74) is 2.72. The third-order valence-corrected chi connectivity index (χ3v) is 9.99. The standard InChI is InChI=1S/C29H23F3N4O4S/c1-36-22-16-33-21-10-9-17(13-20(21)24(22)28(27(36)38)11-6-12-28)18-14-23(25(40-2)34-15-18)41(39,19-7-4-3-5-8-19)35-26(37)29(30,31)32/h3-5,7-10,13-16H,6,11-12H2,1-2H3. The van der Waals surface area contributed by atoms with Gasteiger partial charge in [-0.3, -0.25) is 14.6 Å². The largest absolute Gasteiger partial charge is 0.480 e. The molecule has 0 N–H and O–H groups in total. The third-order valence-electron chi connectivity index (χ3n) is 7.77. The summed E-state index contributed by atoms with van der Waals surface area (Å²) in [7, 11) is -1.21. The van der Waals surface area contributed by atoms with Gasteiger partial charge in [-0.2, -0.15) is 13.2 Å². The fourth-order valence-corrected chi connectivity index (χ4v) is 7.57. The highest BCUT2D eigenvalue weighted by atomic mass is 32.2. The number of amides is 2. The molecule has 1 unspecified atom stereocenters. The van der Waals surface area contributed by atoms with Crippen LogP contribution in [0.3, 0.4) is 0 Å². The first kappa shape index (κ1) is 26.9. The van der Waals surface area contributed by atoms with Crippen LogP contribution in [-0.2, 0) is 24.7 Å². The van der Waals surface area contributed by atoms with E-state index in [0.29, 0.717) is 16.6 Å². The van der Waals surface area contributed by atoms with E-state index in [1.807, 2.05) is 6.07 Å². The fourth-order valence-electron chi connectivity index (χ4n) is 5.59. The Kier molecular flexibility index (Phi) is 6.14. The number of fused-ring (bicyclic) bond motifs is 4. The summed E-state index contributed by atoms with van der Waals surface area (Å²) in [5, 5.41) is 0.774. The summed E-state index contributed by atoms with van der Waals surface area (Å²) in [6, 6.07) is 14.0. The second-order valence-electron chi connectivity index (χ2n) is 10.0. The number of likely N-dealkylation sites (N-methyl/N-ethyl adjacent to an activating group) is 1. The van der Waals surface area contributed by atoms with Gasteiger partial charge in [0, 0.05) is 29.8 Å². The van der Waals surface area contributed by atoms with E-state index >= 15 is 0 Å². The average molecular weight is 581 g/mol. The number of aromatic nitrogens is 2. The van der Waals surface area contributed by atoms with Crippen LogP contribution >= 0.6 is 0 Å². The lowest BCUT2D eigenvalue weighted by molar-refractivity contribution is -0.169. The van der Waals surface area contributed by atoms with Crippen molar-refractivity contribution in [1.82, 2.24) is 9.97 Å². The van der Waals surface area contributed by atoms with E-state index in [-0.39, 0.29) is 21.6 Å². The van der Waals surface area contributed by atoms with Crippen LogP contribution < -0.4 is 9.64 Å². The molecule has 2 amide bonds. The topological polar surface area (TPSA) is 102 Å². The average Bonchev–Trinajstić information content (AvgIpc) is 3.19. The van der Waals surface area contributed by atoms with Crippen LogP contribution in [0.5, 0.6) is 5.88 Å². The molecule has 6 rings (SSSR count). The van der Waals surface area contributed by atoms with Crippen molar-refractivity contribution in [2.75, 3.05) is 19.1 Å². The quantitative estimate of drug-likeness (QED) is 0.308. The molecular weight excluding hydrogens is 557 g/mol. The molecule has 8 nitrogen and oxygen atoms in total. The van der Waals surface area contributed by atoms with E-state index in [9.17, 15) is 27.0 Å². The Labute approximate surface area is 233 Å². The lowest BCUT2D eigenvalue weighted by Gasteiger charge is -2.37. The van der Waals surface area contributed by atoms with E-state index in [0.717, 1.165) is 35.9 Å². The summed E-state index contributed by atoms with van der Waals surface area (Å²) >= 11 is 0. The smallest absolute Gasteiger partial charge is 0.474 e. The second-order valence-corrected chi connectivity index (χ2v) is 12.2. The number of rotatable bonds is 4. The van der Waals surface area contributed by atoms with E-state index in [1.54, 1.807) is 36.3 Å². The minimum Gasteiger partial charge on any atom is -0.480 e. The zero-order chi connectivity index (χ0) is 29.2. The first-order valence-corrected chi connectivity index (χ1v) is 14.2. The van der Waals surface area contributed by atoms with Gasteiger partial charge in [-0.15, -0.1) is 4.36 Å². The number of nitrogens with zero attached hydrogens (tertiary/aromatic N) is 4. The van der Waals surface area contributed by atoms with Crippen molar-refractivity contribution in [2.24, 2.45) is 4.36 Å². The van der Waals surface area contributed by atoms with Crippen LogP contribution in [0.1, 0.15) is 24.8 Å². The van der Waals surface area contributed by atoms with Crippen molar-refractivity contribution in [3.8, 4) is 17.0 Å². The number of ether oxygens (including phenoxy) is 1. The highest BCUT2D eigenvalue weighted by Crippen LogP contribution is 2.55. The monoisotopic (exact) mass is 580 g/mol. The van der Waals surface area contributed by atoms with Gasteiger partial charge in [-0.25, -0.2) is 9.19 Å². The van der Waals surface area contributed by atoms with Gasteiger partial charge in [-0.05, 0) is 48.7 Å². The Morgan fingerprint density at radius 1 is 1.05 bits per heavy atom. The van der Waals surface area contributed by atoms with Gasteiger partial charge in [0.15, 0.2) is 0 Å². The molecule has 1 fully saturated rings. The Hall–Kier alpha value is -4.32. The number of benzene rings is 2. The van der Waals surface area contributed by atoms with Crippen molar-refractivity contribution in [3.05, 3.63) is 72.6 Å². The van der Waals surface area contributed by atoms with Gasteiger partial charge < -0.3 is 9.64 Å². The maximum absolute atomic E-state index is 14.3. The van der Waals surface area contributed by atoms with Crippen LogP contribution in [0, 0.1) is 0 Å². The normalized spacial score (nSPS) is 17.2. The van der Waals surface area contributed by atoms with E-state index in [2.05, 4.69) is 14.3 Å². The summed E-state index contributed by atoms with van der Waals surface area (Å²) in [6.45, 7) is 0. The summed E-state index contributed by atoms with van der Waals surface area (Å²) in [4.78, 5) is 35.2. The molecule has 1 spiro atoms. The Morgan fingerprint density at radius 3 is 2.41 bits per heavy atom. The zero-order valence-corrected chi connectivity index (χ0v) is 22.8. The van der Waals surface area contributed by atoms with Crippen LogP contribution in [0.15, 0.2) is 81.1 Å². The molecule has 1 saturated carbocycles. The Bertz CT molecular complexity index is 1860. The lowest BCUT2D eigenvalue weighted by atomic mass is 9.64. The molecule has 0 bridgehead atoms. The number of methoxy groups -OCH3 is 1. The number of anilines is 1. The third kappa shape index (κ3) is 4.07. The number of hydrogen-bond donors (Lipinski definition) is 0. The highest BCUT2D eigenvalue weighted by Gasteiger charge is 2.54. The molecule has 0 saturated heterocycles. The fraction of sp³-hybridized carbons (Fsp3) is 0.241. The predicted molar refractivity (Wildman–Crippen MR) is 145 cm³/mol. The molecule has 2 aromatic carbocycles. The first-order chi connectivity index (χ1) is 19.5. The second kappa shape index (κ2) is 9.37. The predicted octanol–water partition coefficient (Wildman–Crippen LogP) is 5.68. The van der Waals surface area contributed by atoms with Gasteiger partial charge >= 0.3 is 12.1 Å². The van der Waals surface area contributed by atoms with Gasteiger partial charge in [0.1, 0.15) is 14.6 Å². The van der Waals surface area contributed by atoms with Gasteiger partial charge in [0.05, 0.1) is 34.8 Å². The number of pyridine rings is 2. The lowest BCUT2D eigenvalue weighted by Crippen LogP contribution is -2.43. The van der Waals surface area contributed by atoms with Gasteiger partial charge in [0.25, 0.3) is 0 Å². The van der Waals surface area contributed by atoms with Gasteiger partial charge in [0.2, 0.25) is 11.8 Å². The number of halogens is 3. The molecule has 4 aromatic rings. The molecule has 41 heavy (non-hydrogen) atoms. The molecule has 2 aromatic heterocycles. The van der Waals surface area contributed by atoms with Crippen LogP contribution in [-0.4, -0.2) is 46.3 Å². The van der Waals surface area contributed by atoms with E-state index in [4.69, 9.17) is 4.74 Å². The van der Waals surface area contributed by atoms with Gasteiger partial charge in [-0.1, -0.05) is 30.7 Å². The number of alkyl halides is 3. The minimum atomic E-state index is -5.33. The molecule has 0 radical (unpaired) electrons. The molecule has 210 valence electrons. The maximum atomic E-state index is 14.3. The van der Waals surface area contributed by atoms with Crippen LogP contribution in [0.2, 0.25) is 0 Å². The molecule has 2 aliphatic rings. The molecule has 1 aliphatic carbocycles. The molecule has 1 aliphatic heterocycles. The summed E-state index contributed by atoms with van der Waals surface area (Å²) < 4.78 is 62.7. The van der Waals surface area contributed by atoms with Crippen LogP contribution in [0.25, 0.3) is 22.0 Å². The molecule has 3 heterocycles. The number of carbonyl (C=O) groups excluding carboxylic acids is 2. The molecular formula is C29H23F3N4O4S. The van der Waals surface area contributed by atoms with Crippen molar-refractivity contribution >= 4 is 38.1 Å². The van der Waals surface area contributed by atoms with E-state index < -0.39 is 27.2 Å². The van der Waals surface area contributed by atoms with Crippen molar-refractivity contribution < 1.29 is 31.7 Å². The number of carbonyl (C=O) groups is 2. The van der Waals surface area contributed by atoms with Crippen LogP contribution in [0.4, 0.5) is 18.9 Å². The van der Waals surface area contributed by atoms with Crippen molar-refractivity contribution in [1.29, 1.82) is 0 Å². The number of hydrogen-bond acceptors (Lipinski definition) is 6. The minimum absolute atomic E-state index is 0.0328. The van der Waals surface area contributed by atoms with Crippen molar-refractivity contribution in [3.63, 3.8) is 0 Å². The summed E-state index contributed by atoms with van der Waals surface area (Å²) in [5.74, 6) is -2.68. The Balaban J connectivity index is 1.57. The summed E-state index contributed by atoms with van der Waals surface area (Å²) in [6.07, 6.45) is 0.200. The molecule has 1 atom stereocenters. The zero-order valence-electron chi connectivity index (χ0n) is 21.9. The maximum Gasteiger partial charge on any atom is 0.474 e. The van der Waals surface area contributed by atoms with Crippen molar-refractivity contribution in [2.45, 2.75) is 40.6 Å². The first-order valence-electron chi connectivity index (χ1n) is 12.7. The molecule has 12 heteroatoms.